The predicted molar refractivity (Wildman–Crippen MR) is 30.0 cm³/mol. The lowest BCUT2D eigenvalue weighted by Gasteiger charge is -2.24. The zero-order valence-electron chi connectivity index (χ0n) is 4.48. The van der Waals surface area contributed by atoms with Gasteiger partial charge in [0.15, 0.2) is 0 Å². The minimum Gasteiger partial charge on any atom is -0.0850 e. The molecule has 7 heavy (non-hydrogen) atoms. The largest absolute Gasteiger partial charge is 0.0850 e. The van der Waals surface area contributed by atoms with Gasteiger partial charge in [-0.1, -0.05) is 11.6 Å². The maximum absolute atomic E-state index is 2.42. The molecule has 0 heteroatoms. The van der Waals surface area contributed by atoms with Crippen molar-refractivity contribution in [2.75, 3.05) is 0 Å². The van der Waals surface area contributed by atoms with Gasteiger partial charge in [0.05, 0.1) is 0 Å². The summed E-state index contributed by atoms with van der Waals surface area (Å²) in [6.07, 6.45) is 8.18. The molecule has 2 rings (SSSR count). The Balaban J connectivity index is 2.21. The Kier molecular flexibility index (Phi) is 0.592. The summed E-state index contributed by atoms with van der Waals surface area (Å²) < 4.78 is 0. The zero-order chi connectivity index (χ0) is 4.69. The van der Waals surface area contributed by atoms with E-state index in [-0.39, 0.29) is 0 Å². The highest BCUT2D eigenvalue weighted by atomic mass is 14.3. The van der Waals surface area contributed by atoms with E-state index in [1.807, 2.05) is 0 Å². The average Bonchev–Trinajstić information content (AvgIpc) is 1.85. The number of hydrogen-bond donors (Lipinski definition) is 0. The summed E-state index contributed by atoms with van der Waals surface area (Å²) in [5.74, 6) is 1.06. The van der Waals surface area contributed by atoms with E-state index >= 15 is 0 Å². The summed E-state index contributed by atoms with van der Waals surface area (Å²) in [4.78, 5) is 0. The quantitative estimate of drug-likeness (QED) is 0.403. The van der Waals surface area contributed by atoms with E-state index in [0.29, 0.717) is 0 Å². The molecule has 0 aromatic carbocycles. The normalized spacial score (nSPS) is 36.6. The molecule has 0 radical (unpaired) electrons. The van der Waals surface area contributed by atoms with Crippen LogP contribution < -0.4 is 0 Å². The highest BCUT2D eigenvalue weighted by molar-refractivity contribution is 5.19. The van der Waals surface area contributed by atoms with Crippen LogP contribution in [0.4, 0.5) is 0 Å². The molecule has 0 nitrogen and oxygen atoms in total. The molecule has 1 atom stereocenters. The molecule has 0 aromatic heterocycles. The second-order valence-electron chi connectivity index (χ2n) is 2.59. The molecule has 1 saturated carbocycles. The highest BCUT2D eigenvalue weighted by Crippen LogP contribution is 2.41. The van der Waals surface area contributed by atoms with Crippen LogP contribution in [-0.2, 0) is 0 Å². The molecule has 0 amide bonds. The van der Waals surface area contributed by atoms with Gasteiger partial charge in [0.1, 0.15) is 0 Å². The maximum Gasteiger partial charge on any atom is -0.0197 e. The van der Waals surface area contributed by atoms with Crippen molar-refractivity contribution in [3.05, 3.63) is 11.6 Å². The number of rotatable bonds is 0. The molecule has 2 aliphatic carbocycles. The minimum atomic E-state index is 1.06. The Morgan fingerprint density at radius 2 is 2.43 bits per heavy atom. The minimum absolute atomic E-state index is 1.06. The van der Waals surface area contributed by atoms with E-state index in [0.717, 1.165) is 5.92 Å². The standard InChI is InChI=1S/C7H10/c1-2-6-4-5-7(6)3-1/h2,7H,1,3-5H2/t7-/m1/s1. The molecule has 0 saturated heterocycles. The summed E-state index contributed by atoms with van der Waals surface area (Å²) in [5, 5.41) is 0. The van der Waals surface area contributed by atoms with Crippen LogP contribution >= 0.6 is 0 Å². The molecule has 0 aliphatic heterocycles. The van der Waals surface area contributed by atoms with Crippen molar-refractivity contribution >= 4 is 0 Å². The van der Waals surface area contributed by atoms with Crippen molar-refractivity contribution < 1.29 is 0 Å². The predicted octanol–water partition coefficient (Wildman–Crippen LogP) is 2.12. The van der Waals surface area contributed by atoms with Gasteiger partial charge in [0, 0.05) is 0 Å². The molecular formula is C7H10. The lowest BCUT2D eigenvalue weighted by Crippen LogP contribution is -2.09. The molecule has 1 fully saturated rings. The summed E-state index contributed by atoms with van der Waals surface area (Å²) >= 11 is 0. The second-order valence-corrected chi connectivity index (χ2v) is 2.59. The highest BCUT2D eigenvalue weighted by Gasteiger charge is 2.26. The van der Waals surface area contributed by atoms with E-state index in [1.165, 1.54) is 25.7 Å². The van der Waals surface area contributed by atoms with E-state index in [1.54, 1.807) is 5.57 Å². The number of fused-ring (bicyclic) bond motifs is 1. The summed E-state index contributed by atoms with van der Waals surface area (Å²) in [5.41, 5.74) is 1.76. The zero-order valence-corrected chi connectivity index (χ0v) is 4.48. The van der Waals surface area contributed by atoms with Gasteiger partial charge >= 0.3 is 0 Å². The van der Waals surface area contributed by atoms with Crippen molar-refractivity contribution in [2.24, 2.45) is 5.92 Å². The topological polar surface area (TPSA) is 0 Å². The fourth-order valence-electron chi connectivity index (χ4n) is 1.58. The maximum atomic E-state index is 2.42. The first-order chi connectivity index (χ1) is 3.47. The third-order valence-electron chi connectivity index (χ3n) is 2.23. The monoisotopic (exact) mass is 94.1 g/mol. The third kappa shape index (κ3) is 0.370. The Morgan fingerprint density at radius 3 is 2.71 bits per heavy atom. The summed E-state index contributed by atoms with van der Waals surface area (Å²) in [6, 6.07) is 0. The lowest BCUT2D eigenvalue weighted by molar-refractivity contribution is 0.449. The molecule has 0 spiro atoms. The Bertz CT molecular complexity index is 111. The SMILES string of the molecule is C1=C2CC[C@H]2CC1. The first kappa shape index (κ1) is 3.71. The first-order valence-corrected chi connectivity index (χ1v) is 3.16. The fourth-order valence-corrected chi connectivity index (χ4v) is 1.58. The van der Waals surface area contributed by atoms with E-state index < -0.39 is 0 Å². The van der Waals surface area contributed by atoms with Crippen LogP contribution in [-0.4, -0.2) is 0 Å². The molecule has 0 bridgehead atoms. The van der Waals surface area contributed by atoms with Gasteiger partial charge < -0.3 is 0 Å². The fraction of sp³-hybridized carbons (Fsp3) is 0.714. The van der Waals surface area contributed by atoms with Gasteiger partial charge in [-0.3, -0.25) is 0 Å². The van der Waals surface area contributed by atoms with Gasteiger partial charge in [-0.05, 0) is 31.6 Å². The van der Waals surface area contributed by atoms with Crippen molar-refractivity contribution in [2.45, 2.75) is 25.7 Å². The summed E-state index contributed by atoms with van der Waals surface area (Å²) in [6.45, 7) is 0. The smallest absolute Gasteiger partial charge is 0.0197 e. The van der Waals surface area contributed by atoms with Gasteiger partial charge in [-0.2, -0.15) is 0 Å². The van der Waals surface area contributed by atoms with Crippen molar-refractivity contribution in [1.29, 1.82) is 0 Å². The van der Waals surface area contributed by atoms with Gasteiger partial charge in [0.25, 0.3) is 0 Å². The lowest BCUT2D eigenvalue weighted by atomic mass is 9.82. The molecule has 0 heterocycles. The van der Waals surface area contributed by atoms with E-state index in [9.17, 15) is 0 Å². The van der Waals surface area contributed by atoms with Gasteiger partial charge in [0.2, 0.25) is 0 Å². The molecule has 0 unspecified atom stereocenters. The van der Waals surface area contributed by atoms with Crippen LogP contribution in [0.1, 0.15) is 25.7 Å². The van der Waals surface area contributed by atoms with Crippen LogP contribution in [0.2, 0.25) is 0 Å². The Morgan fingerprint density at radius 1 is 1.43 bits per heavy atom. The van der Waals surface area contributed by atoms with E-state index in [4.69, 9.17) is 0 Å². The second kappa shape index (κ2) is 1.12. The molecule has 2 aliphatic rings. The molecule has 0 N–H and O–H groups in total. The molecular weight excluding hydrogens is 84.1 g/mol. The van der Waals surface area contributed by atoms with Crippen molar-refractivity contribution in [1.82, 2.24) is 0 Å². The third-order valence-corrected chi connectivity index (χ3v) is 2.23. The van der Waals surface area contributed by atoms with Crippen LogP contribution in [0.15, 0.2) is 11.6 Å². The van der Waals surface area contributed by atoms with Crippen LogP contribution in [0, 0.1) is 5.92 Å². The van der Waals surface area contributed by atoms with Crippen LogP contribution in [0.3, 0.4) is 0 Å². The number of hydrogen-bond acceptors (Lipinski definition) is 0. The van der Waals surface area contributed by atoms with Crippen molar-refractivity contribution in [3.8, 4) is 0 Å². The summed E-state index contributed by atoms with van der Waals surface area (Å²) in [7, 11) is 0. The number of allylic oxidation sites excluding steroid dienone is 2. The average molecular weight is 94.2 g/mol. The van der Waals surface area contributed by atoms with Gasteiger partial charge in [-0.15, -0.1) is 0 Å². The Hall–Kier alpha value is -0.260. The first-order valence-electron chi connectivity index (χ1n) is 3.16. The van der Waals surface area contributed by atoms with Gasteiger partial charge in [-0.25, -0.2) is 0 Å². The van der Waals surface area contributed by atoms with Crippen LogP contribution in [0.25, 0.3) is 0 Å². The molecule has 38 valence electrons. The Labute approximate surface area is 44.2 Å². The van der Waals surface area contributed by atoms with Crippen LogP contribution in [0.5, 0.6) is 0 Å². The van der Waals surface area contributed by atoms with Crippen molar-refractivity contribution in [3.63, 3.8) is 0 Å². The van der Waals surface area contributed by atoms with E-state index in [2.05, 4.69) is 6.08 Å². The molecule has 0 aromatic rings.